The van der Waals surface area contributed by atoms with Crippen molar-refractivity contribution < 1.29 is 9.53 Å². The maximum atomic E-state index is 12.3. The summed E-state index contributed by atoms with van der Waals surface area (Å²) in [7, 11) is 0. The van der Waals surface area contributed by atoms with Gasteiger partial charge in [-0.25, -0.2) is 4.79 Å². The highest BCUT2D eigenvalue weighted by Gasteiger charge is 2.43. The highest BCUT2D eigenvalue weighted by atomic mass is 16.6. The van der Waals surface area contributed by atoms with Gasteiger partial charge in [0.05, 0.1) is 5.69 Å². The van der Waals surface area contributed by atoms with Crippen LogP contribution in [0, 0.1) is 11.8 Å². The van der Waals surface area contributed by atoms with E-state index in [0.717, 1.165) is 43.3 Å². The summed E-state index contributed by atoms with van der Waals surface area (Å²) in [5.74, 6) is 1.80. The van der Waals surface area contributed by atoms with Crippen LogP contribution in [-0.4, -0.2) is 58.0 Å². The van der Waals surface area contributed by atoms with Crippen molar-refractivity contribution >= 4 is 11.9 Å². The van der Waals surface area contributed by atoms with E-state index in [4.69, 9.17) is 4.74 Å². The van der Waals surface area contributed by atoms with Crippen LogP contribution in [0.5, 0.6) is 0 Å². The lowest BCUT2D eigenvalue weighted by Gasteiger charge is -2.26. The van der Waals surface area contributed by atoms with E-state index in [9.17, 15) is 4.79 Å². The fourth-order valence-electron chi connectivity index (χ4n) is 3.82. The van der Waals surface area contributed by atoms with Crippen molar-refractivity contribution in [2.75, 3.05) is 31.1 Å². The molecule has 2 aliphatic heterocycles. The molecule has 2 saturated heterocycles. The van der Waals surface area contributed by atoms with Crippen molar-refractivity contribution in [2.24, 2.45) is 11.8 Å². The van der Waals surface area contributed by atoms with Crippen LogP contribution in [0.2, 0.25) is 0 Å². The van der Waals surface area contributed by atoms with Crippen molar-refractivity contribution in [3.63, 3.8) is 0 Å². The SMILES string of the molecule is CC(C)(C)OC(=O)N1C[C@@H]2CN(c3ccc(-c4cccnc4)nn3)C[C@@H]2C1. The third-order valence-electron chi connectivity index (χ3n) is 5.07. The van der Waals surface area contributed by atoms with Gasteiger partial charge in [-0.2, -0.15) is 0 Å². The van der Waals surface area contributed by atoms with E-state index in [2.05, 4.69) is 20.1 Å². The van der Waals surface area contributed by atoms with E-state index in [0.29, 0.717) is 11.8 Å². The number of rotatable bonds is 2. The Morgan fingerprint density at radius 3 is 2.37 bits per heavy atom. The average molecular weight is 367 g/mol. The molecule has 142 valence electrons. The normalized spacial score (nSPS) is 22.0. The number of pyridine rings is 1. The lowest BCUT2D eigenvalue weighted by atomic mass is 10.0. The van der Waals surface area contributed by atoms with Gasteiger partial charge in [0.1, 0.15) is 5.60 Å². The Bertz CT molecular complexity index is 789. The predicted molar refractivity (Wildman–Crippen MR) is 102 cm³/mol. The first-order chi connectivity index (χ1) is 12.9. The van der Waals surface area contributed by atoms with Crippen LogP contribution < -0.4 is 4.90 Å². The number of ether oxygens (including phenoxy) is 1. The van der Waals surface area contributed by atoms with Crippen LogP contribution in [0.15, 0.2) is 36.7 Å². The summed E-state index contributed by atoms with van der Waals surface area (Å²) in [6.07, 6.45) is 3.33. The summed E-state index contributed by atoms with van der Waals surface area (Å²) >= 11 is 0. The molecule has 2 aliphatic rings. The molecule has 27 heavy (non-hydrogen) atoms. The Balaban J connectivity index is 1.37. The third kappa shape index (κ3) is 3.86. The van der Waals surface area contributed by atoms with Gasteiger partial charge in [0.15, 0.2) is 5.82 Å². The Labute approximate surface area is 159 Å². The first kappa shape index (κ1) is 17.7. The molecule has 4 rings (SSSR count). The van der Waals surface area contributed by atoms with E-state index in [1.54, 1.807) is 12.4 Å². The minimum atomic E-state index is -0.452. The fraction of sp³-hybridized carbons (Fsp3) is 0.500. The van der Waals surface area contributed by atoms with Gasteiger partial charge in [0, 0.05) is 56.0 Å². The van der Waals surface area contributed by atoms with Crippen molar-refractivity contribution in [1.82, 2.24) is 20.1 Å². The summed E-state index contributed by atoms with van der Waals surface area (Å²) < 4.78 is 5.50. The second-order valence-electron chi connectivity index (χ2n) is 8.33. The summed E-state index contributed by atoms with van der Waals surface area (Å²) in [6, 6.07) is 7.87. The third-order valence-corrected chi connectivity index (χ3v) is 5.07. The summed E-state index contributed by atoms with van der Waals surface area (Å²) in [5, 5.41) is 8.76. The zero-order valence-electron chi connectivity index (χ0n) is 16.0. The van der Waals surface area contributed by atoms with Crippen molar-refractivity contribution in [2.45, 2.75) is 26.4 Å². The van der Waals surface area contributed by atoms with Crippen LogP contribution in [0.1, 0.15) is 20.8 Å². The monoisotopic (exact) mass is 367 g/mol. The summed E-state index contributed by atoms with van der Waals surface area (Å²) in [6.45, 7) is 8.98. The second-order valence-corrected chi connectivity index (χ2v) is 8.33. The lowest BCUT2D eigenvalue weighted by Crippen LogP contribution is -2.37. The minimum Gasteiger partial charge on any atom is -0.444 e. The van der Waals surface area contributed by atoms with Gasteiger partial charge in [0.25, 0.3) is 0 Å². The first-order valence-electron chi connectivity index (χ1n) is 9.36. The van der Waals surface area contributed by atoms with Crippen LogP contribution in [0.4, 0.5) is 10.6 Å². The number of amides is 1. The first-order valence-corrected chi connectivity index (χ1v) is 9.36. The standard InChI is InChI=1S/C20H25N5O2/c1-20(2,3)27-19(26)25-12-15-10-24(11-16(15)13-25)18-7-6-17(22-23-18)14-5-4-8-21-9-14/h4-9,15-16H,10-13H2,1-3H3/t15-,16+. The van der Waals surface area contributed by atoms with E-state index in [1.165, 1.54) is 0 Å². The molecule has 0 N–H and O–H groups in total. The van der Waals surface area contributed by atoms with E-state index >= 15 is 0 Å². The van der Waals surface area contributed by atoms with E-state index < -0.39 is 5.60 Å². The minimum absolute atomic E-state index is 0.205. The molecule has 7 nitrogen and oxygen atoms in total. The number of fused-ring (bicyclic) bond motifs is 1. The van der Waals surface area contributed by atoms with Crippen LogP contribution >= 0.6 is 0 Å². The molecule has 0 unspecified atom stereocenters. The molecular formula is C20H25N5O2. The molecule has 1 amide bonds. The molecule has 0 radical (unpaired) electrons. The molecule has 0 aromatic carbocycles. The van der Waals surface area contributed by atoms with Gasteiger partial charge in [-0.3, -0.25) is 4.98 Å². The molecule has 4 heterocycles. The molecule has 2 fully saturated rings. The van der Waals surface area contributed by atoms with Gasteiger partial charge in [-0.15, -0.1) is 10.2 Å². The fourth-order valence-corrected chi connectivity index (χ4v) is 3.82. The van der Waals surface area contributed by atoms with Gasteiger partial charge >= 0.3 is 6.09 Å². The number of carbonyl (C=O) groups is 1. The van der Waals surface area contributed by atoms with Gasteiger partial charge < -0.3 is 14.5 Å². The second kappa shape index (κ2) is 6.79. The predicted octanol–water partition coefficient (Wildman–Crippen LogP) is 2.84. The van der Waals surface area contributed by atoms with Crippen molar-refractivity contribution in [3.8, 4) is 11.3 Å². The zero-order chi connectivity index (χ0) is 19.0. The molecule has 0 bridgehead atoms. The molecule has 2 aromatic rings. The largest absolute Gasteiger partial charge is 0.444 e. The number of carbonyl (C=O) groups excluding carboxylic acids is 1. The van der Waals surface area contributed by atoms with Crippen LogP contribution in [-0.2, 0) is 4.74 Å². The van der Waals surface area contributed by atoms with E-state index in [-0.39, 0.29) is 6.09 Å². The highest BCUT2D eigenvalue weighted by molar-refractivity contribution is 5.68. The molecule has 0 saturated carbocycles. The number of aromatic nitrogens is 3. The Hall–Kier alpha value is -2.70. The molecular weight excluding hydrogens is 342 g/mol. The number of hydrogen-bond donors (Lipinski definition) is 0. The smallest absolute Gasteiger partial charge is 0.410 e. The quantitative estimate of drug-likeness (QED) is 0.813. The summed E-state index contributed by atoms with van der Waals surface area (Å²) in [5.41, 5.74) is 1.33. The van der Waals surface area contributed by atoms with Gasteiger partial charge in [-0.05, 0) is 45.0 Å². The number of nitrogens with zero attached hydrogens (tertiary/aromatic N) is 5. The molecule has 0 spiro atoms. The Kier molecular flexibility index (Phi) is 4.45. The number of likely N-dealkylation sites (tertiary alicyclic amines) is 1. The molecule has 2 aromatic heterocycles. The van der Waals surface area contributed by atoms with Crippen molar-refractivity contribution in [3.05, 3.63) is 36.7 Å². The molecule has 2 atom stereocenters. The topological polar surface area (TPSA) is 71.5 Å². The molecule has 0 aliphatic carbocycles. The van der Waals surface area contributed by atoms with Crippen molar-refractivity contribution in [1.29, 1.82) is 0 Å². The van der Waals surface area contributed by atoms with Gasteiger partial charge in [0.2, 0.25) is 0 Å². The lowest BCUT2D eigenvalue weighted by molar-refractivity contribution is 0.0282. The van der Waals surface area contributed by atoms with Crippen LogP contribution in [0.25, 0.3) is 11.3 Å². The zero-order valence-corrected chi connectivity index (χ0v) is 16.0. The van der Waals surface area contributed by atoms with E-state index in [1.807, 2.05) is 49.9 Å². The Morgan fingerprint density at radius 2 is 1.81 bits per heavy atom. The maximum Gasteiger partial charge on any atom is 0.410 e. The number of anilines is 1. The Morgan fingerprint density at radius 1 is 1.07 bits per heavy atom. The highest BCUT2D eigenvalue weighted by Crippen LogP contribution is 2.34. The summed E-state index contributed by atoms with van der Waals surface area (Å²) in [4.78, 5) is 20.5. The van der Waals surface area contributed by atoms with Crippen LogP contribution in [0.3, 0.4) is 0 Å². The maximum absolute atomic E-state index is 12.3. The number of hydrogen-bond acceptors (Lipinski definition) is 6. The average Bonchev–Trinajstić information content (AvgIpc) is 3.20. The van der Waals surface area contributed by atoms with Gasteiger partial charge in [-0.1, -0.05) is 0 Å². The molecule has 7 heteroatoms.